The molecule has 1 amide bonds. The highest BCUT2D eigenvalue weighted by Gasteiger charge is 2.13. The van der Waals surface area contributed by atoms with E-state index in [0.717, 1.165) is 5.56 Å². The molecule has 0 saturated carbocycles. The van der Waals surface area contributed by atoms with Crippen LogP contribution < -0.4 is 5.32 Å². The van der Waals surface area contributed by atoms with E-state index in [0.29, 0.717) is 41.1 Å². The molecule has 0 bridgehead atoms. The van der Waals surface area contributed by atoms with E-state index in [1.54, 1.807) is 17.7 Å². The summed E-state index contributed by atoms with van der Waals surface area (Å²) < 4.78 is 11.3. The molecule has 9 heteroatoms. The van der Waals surface area contributed by atoms with Gasteiger partial charge in [-0.2, -0.15) is 5.10 Å². The Labute approximate surface area is 173 Å². The van der Waals surface area contributed by atoms with Crippen LogP contribution in [0.25, 0.3) is 6.08 Å². The number of carbonyl (C=O) groups excluding carboxylic acids is 2. The molecule has 2 rings (SSSR count). The van der Waals surface area contributed by atoms with E-state index in [1.165, 1.54) is 19.3 Å². The monoisotopic (exact) mass is 425 g/mol. The average molecular weight is 426 g/mol. The SMILES string of the molecule is COCCNC(=O)COC(=O)/C=C/c1c(C)nn(Cc2ccccc2Cl)c1Cl. The molecule has 0 saturated heterocycles. The van der Waals surface area contributed by atoms with Crippen LogP contribution in [0.1, 0.15) is 16.8 Å². The standard InChI is InChI=1S/C19H21Cl2N3O4/c1-13-15(7-8-18(26)28-12-17(25)22-9-10-27-2)19(21)24(23-13)11-14-5-3-4-6-16(14)20/h3-8H,9-12H2,1-2H3,(H,22,25)/b8-7+. The highest BCUT2D eigenvalue weighted by Crippen LogP contribution is 2.24. The third kappa shape index (κ3) is 6.37. The van der Waals surface area contributed by atoms with Crippen molar-refractivity contribution in [3.05, 3.63) is 57.3 Å². The van der Waals surface area contributed by atoms with E-state index >= 15 is 0 Å². The van der Waals surface area contributed by atoms with Gasteiger partial charge in [0.25, 0.3) is 5.91 Å². The number of nitrogens with zero attached hydrogens (tertiary/aromatic N) is 2. The highest BCUT2D eigenvalue weighted by atomic mass is 35.5. The maximum Gasteiger partial charge on any atom is 0.331 e. The first kappa shape index (κ1) is 21.9. The Kier molecular flexibility index (Phi) is 8.50. The smallest absolute Gasteiger partial charge is 0.331 e. The summed E-state index contributed by atoms with van der Waals surface area (Å²) in [5.74, 6) is -1.06. The van der Waals surface area contributed by atoms with Crippen molar-refractivity contribution in [1.29, 1.82) is 0 Å². The zero-order valence-corrected chi connectivity index (χ0v) is 17.1. The van der Waals surface area contributed by atoms with Crippen LogP contribution in [0.2, 0.25) is 10.2 Å². The van der Waals surface area contributed by atoms with Gasteiger partial charge >= 0.3 is 5.97 Å². The van der Waals surface area contributed by atoms with Crippen molar-refractivity contribution in [3.8, 4) is 0 Å². The number of esters is 1. The number of hydrogen-bond donors (Lipinski definition) is 1. The van der Waals surface area contributed by atoms with Crippen molar-refractivity contribution >= 4 is 41.2 Å². The van der Waals surface area contributed by atoms with E-state index in [-0.39, 0.29) is 6.61 Å². The van der Waals surface area contributed by atoms with E-state index in [2.05, 4.69) is 10.4 Å². The summed E-state index contributed by atoms with van der Waals surface area (Å²) in [7, 11) is 1.53. The van der Waals surface area contributed by atoms with Crippen LogP contribution >= 0.6 is 23.2 Å². The molecule has 0 aliphatic heterocycles. The van der Waals surface area contributed by atoms with Gasteiger partial charge in [0.2, 0.25) is 0 Å². The molecule has 7 nitrogen and oxygen atoms in total. The molecule has 0 unspecified atom stereocenters. The lowest BCUT2D eigenvalue weighted by atomic mass is 10.2. The molecule has 0 fully saturated rings. The third-order valence-corrected chi connectivity index (χ3v) is 4.51. The van der Waals surface area contributed by atoms with Gasteiger partial charge in [0.15, 0.2) is 6.61 Å². The summed E-state index contributed by atoms with van der Waals surface area (Å²) in [6, 6.07) is 7.41. The molecule has 1 N–H and O–H groups in total. The van der Waals surface area contributed by atoms with Crippen molar-refractivity contribution in [2.75, 3.05) is 26.9 Å². The van der Waals surface area contributed by atoms with Crippen molar-refractivity contribution in [2.24, 2.45) is 0 Å². The molecule has 0 atom stereocenters. The van der Waals surface area contributed by atoms with Gasteiger partial charge in [-0.25, -0.2) is 9.48 Å². The number of nitrogens with one attached hydrogen (secondary N) is 1. The predicted octanol–water partition coefficient (Wildman–Crippen LogP) is 2.87. The maximum atomic E-state index is 11.8. The van der Waals surface area contributed by atoms with Gasteiger partial charge in [-0.1, -0.05) is 41.4 Å². The number of carbonyl (C=O) groups is 2. The Morgan fingerprint density at radius 1 is 1.29 bits per heavy atom. The second-order valence-corrected chi connectivity index (χ2v) is 6.59. The minimum absolute atomic E-state index is 0.349. The topological polar surface area (TPSA) is 82.4 Å². The Bertz CT molecular complexity index is 865. The fourth-order valence-corrected chi connectivity index (χ4v) is 2.82. The molecular formula is C19H21Cl2N3O4. The first-order valence-corrected chi connectivity index (χ1v) is 9.24. The Hall–Kier alpha value is -2.35. The molecule has 1 aromatic heterocycles. The van der Waals surface area contributed by atoms with Crippen LogP contribution in [0.3, 0.4) is 0 Å². The summed E-state index contributed by atoms with van der Waals surface area (Å²) in [6.45, 7) is 2.55. The zero-order chi connectivity index (χ0) is 20.5. The summed E-state index contributed by atoms with van der Waals surface area (Å²) in [4.78, 5) is 23.3. The van der Waals surface area contributed by atoms with Crippen molar-refractivity contribution in [1.82, 2.24) is 15.1 Å². The number of halogens is 2. The molecule has 0 aliphatic carbocycles. The van der Waals surface area contributed by atoms with Gasteiger partial charge in [0, 0.05) is 30.3 Å². The van der Waals surface area contributed by atoms with Crippen LogP contribution in [0.5, 0.6) is 0 Å². The van der Waals surface area contributed by atoms with Gasteiger partial charge in [-0.3, -0.25) is 4.79 Å². The number of hydrogen-bond acceptors (Lipinski definition) is 5. The van der Waals surface area contributed by atoms with Crippen molar-refractivity contribution in [2.45, 2.75) is 13.5 Å². The van der Waals surface area contributed by atoms with E-state index in [1.807, 2.05) is 18.2 Å². The quantitative estimate of drug-likeness (QED) is 0.379. The van der Waals surface area contributed by atoms with E-state index < -0.39 is 11.9 Å². The van der Waals surface area contributed by atoms with Gasteiger partial charge in [-0.05, 0) is 24.6 Å². The molecule has 2 aromatic rings. The van der Waals surface area contributed by atoms with Crippen LogP contribution in [0.4, 0.5) is 0 Å². The average Bonchev–Trinajstić information content (AvgIpc) is 2.93. The largest absolute Gasteiger partial charge is 0.452 e. The number of methoxy groups -OCH3 is 1. The summed E-state index contributed by atoms with van der Waals surface area (Å²) in [5.41, 5.74) is 2.12. The Morgan fingerprint density at radius 2 is 2.04 bits per heavy atom. The lowest BCUT2D eigenvalue weighted by molar-refractivity contribution is -0.143. The fourth-order valence-electron chi connectivity index (χ4n) is 2.33. The van der Waals surface area contributed by atoms with Gasteiger partial charge < -0.3 is 14.8 Å². The molecule has 1 aromatic carbocycles. The second-order valence-electron chi connectivity index (χ2n) is 5.82. The number of amides is 1. The minimum Gasteiger partial charge on any atom is -0.452 e. The number of rotatable bonds is 9. The number of aryl methyl sites for hydroxylation is 1. The minimum atomic E-state index is -0.656. The van der Waals surface area contributed by atoms with Crippen molar-refractivity contribution in [3.63, 3.8) is 0 Å². The first-order valence-electron chi connectivity index (χ1n) is 8.49. The molecular weight excluding hydrogens is 405 g/mol. The van der Waals surface area contributed by atoms with Crippen LogP contribution in [0.15, 0.2) is 30.3 Å². The number of aromatic nitrogens is 2. The third-order valence-electron chi connectivity index (χ3n) is 3.75. The lowest BCUT2D eigenvalue weighted by Gasteiger charge is -2.05. The van der Waals surface area contributed by atoms with Crippen molar-refractivity contribution < 1.29 is 19.1 Å². The van der Waals surface area contributed by atoms with Crippen LogP contribution in [0, 0.1) is 6.92 Å². The molecule has 1 heterocycles. The summed E-state index contributed by atoms with van der Waals surface area (Å²) in [5, 5.41) is 7.93. The number of benzene rings is 1. The second kappa shape index (κ2) is 10.8. The summed E-state index contributed by atoms with van der Waals surface area (Å²) in [6.07, 6.45) is 2.72. The normalized spacial score (nSPS) is 11.0. The Morgan fingerprint density at radius 3 is 2.75 bits per heavy atom. The predicted molar refractivity (Wildman–Crippen MR) is 107 cm³/mol. The Balaban J connectivity index is 1.96. The molecule has 0 aliphatic rings. The molecule has 28 heavy (non-hydrogen) atoms. The lowest BCUT2D eigenvalue weighted by Crippen LogP contribution is -2.31. The molecule has 0 radical (unpaired) electrons. The van der Waals surface area contributed by atoms with Gasteiger partial charge in [0.05, 0.1) is 18.8 Å². The fraction of sp³-hybridized carbons (Fsp3) is 0.316. The summed E-state index contributed by atoms with van der Waals surface area (Å²) >= 11 is 12.6. The van der Waals surface area contributed by atoms with E-state index in [4.69, 9.17) is 32.7 Å². The first-order chi connectivity index (χ1) is 13.4. The van der Waals surface area contributed by atoms with Crippen LogP contribution in [-0.2, 0) is 25.6 Å². The molecule has 0 spiro atoms. The van der Waals surface area contributed by atoms with Gasteiger partial charge in [-0.15, -0.1) is 0 Å². The number of ether oxygens (including phenoxy) is 2. The van der Waals surface area contributed by atoms with Crippen LogP contribution in [-0.4, -0.2) is 48.5 Å². The highest BCUT2D eigenvalue weighted by molar-refractivity contribution is 6.32. The molecule has 150 valence electrons. The van der Waals surface area contributed by atoms with E-state index in [9.17, 15) is 9.59 Å². The zero-order valence-electron chi connectivity index (χ0n) is 15.6. The maximum absolute atomic E-state index is 11.8. The van der Waals surface area contributed by atoms with Gasteiger partial charge in [0.1, 0.15) is 5.15 Å².